The molecule has 1 atom stereocenters. The fraction of sp³-hybridized carbons (Fsp3) is 0.600. The van der Waals surface area contributed by atoms with Gasteiger partial charge >= 0.3 is 0 Å². The predicted molar refractivity (Wildman–Crippen MR) is 71.1 cm³/mol. The van der Waals surface area contributed by atoms with Gasteiger partial charge in [0.1, 0.15) is 0 Å². The van der Waals surface area contributed by atoms with Crippen LogP contribution in [0.2, 0.25) is 0 Å². The third kappa shape index (κ3) is 2.88. The van der Waals surface area contributed by atoms with Crippen LogP contribution in [0.1, 0.15) is 36.4 Å². The summed E-state index contributed by atoms with van der Waals surface area (Å²) in [5.41, 5.74) is 3.03. The highest BCUT2D eigenvalue weighted by Gasteiger charge is 2.21. The molecule has 2 aliphatic rings. The minimum absolute atomic E-state index is 0.513. The molecule has 1 heterocycles. The average Bonchev–Trinajstić information content (AvgIpc) is 3.19. The largest absolute Gasteiger partial charge is 0.315 e. The van der Waals surface area contributed by atoms with Crippen molar-refractivity contribution < 1.29 is 0 Å². The van der Waals surface area contributed by atoms with E-state index in [9.17, 15) is 0 Å². The van der Waals surface area contributed by atoms with Crippen molar-refractivity contribution in [2.24, 2.45) is 5.92 Å². The maximum atomic E-state index is 3.62. The van der Waals surface area contributed by atoms with Crippen molar-refractivity contribution in [2.75, 3.05) is 19.6 Å². The number of fused-ring (bicyclic) bond motifs is 1. The van der Waals surface area contributed by atoms with Crippen LogP contribution in [-0.2, 0) is 6.42 Å². The Balaban J connectivity index is 1.52. The van der Waals surface area contributed by atoms with Gasteiger partial charge in [-0.3, -0.25) is 0 Å². The molecule has 0 bridgehead atoms. The summed E-state index contributed by atoms with van der Waals surface area (Å²) < 4.78 is 0. The van der Waals surface area contributed by atoms with Gasteiger partial charge in [0, 0.05) is 12.6 Å². The number of hydrogen-bond donors (Lipinski definition) is 2. The van der Waals surface area contributed by atoms with E-state index < -0.39 is 0 Å². The standard InChI is InChI=1S/C15H22N2/c1-2-4-14-13(3-1)8-10-17-15(14)11-16-9-7-12-5-6-12/h1-4,12,15-17H,5-11H2. The van der Waals surface area contributed by atoms with Crippen molar-refractivity contribution in [1.82, 2.24) is 10.6 Å². The smallest absolute Gasteiger partial charge is 0.0449 e. The second kappa shape index (κ2) is 5.19. The van der Waals surface area contributed by atoms with Gasteiger partial charge in [-0.05, 0) is 43.0 Å². The van der Waals surface area contributed by atoms with E-state index in [0.29, 0.717) is 6.04 Å². The highest BCUT2D eigenvalue weighted by atomic mass is 15.0. The van der Waals surface area contributed by atoms with Gasteiger partial charge in [0.15, 0.2) is 0 Å². The number of hydrogen-bond acceptors (Lipinski definition) is 2. The lowest BCUT2D eigenvalue weighted by Crippen LogP contribution is -2.37. The van der Waals surface area contributed by atoms with Crippen LogP contribution in [0.4, 0.5) is 0 Å². The summed E-state index contributed by atoms with van der Waals surface area (Å²) >= 11 is 0. The number of rotatable bonds is 5. The van der Waals surface area contributed by atoms with Gasteiger partial charge in [-0.15, -0.1) is 0 Å². The summed E-state index contributed by atoms with van der Waals surface area (Å²) in [5, 5.41) is 7.22. The third-order valence-corrected chi connectivity index (χ3v) is 3.99. The maximum Gasteiger partial charge on any atom is 0.0449 e. The lowest BCUT2D eigenvalue weighted by Gasteiger charge is -2.27. The van der Waals surface area contributed by atoms with Crippen LogP contribution in [0.25, 0.3) is 0 Å². The van der Waals surface area contributed by atoms with Crippen molar-refractivity contribution in [3.05, 3.63) is 35.4 Å². The molecule has 1 aromatic rings. The number of nitrogens with one attached hydrogen (secondary N) is 2. The summed E-state index contributed by atoms with van der Waals surface area (Å²) in [6, 6.07) is 9.37. The van der Waals surface area contributed by atoms with Crippen LogP contribution in [0, 0.1) is 5.92 Å². The Kier molecular flexibility index (Phi) is 3.44. The molecule has 17 heavy (non-hydrogen) atoms. The molecule has 0 amide bonds. The molecule has 2 N–H and O–H groups in total. The zero-order valence-electron chi connectivity index (χ0n) is 10.4. The molecule has 1 aliphatic heterocycles. The maximum absolute atomic E-state index is 3.62. The molecule has 1 saturated carbocycles. The molecule has 3 rings (SSSR count). The molecule has 0 radical (unpaired) electrons. The molecule has 2 heteroatoms. The highest BCUT2D eigenvalue weighted by Crippen LogP contribution is 2.31. The molecule has 1 unspecified atom stereocenters. The lowest BCUT2D eigenvalue weighted by molar-refractivity contribution is 0.462. The van der Waals surface area contributed by atoms with Crippen molar-refractivity contribution in [3.8, 4) is 0 Å². The molecule has 1 fully saturated rings. The van der Waals surface area contributed by atoms with E-state index in [1.807, 2.05) is 0 Å². The fourth-order valence-corrected chi connectivity index (χ4v) is 2.73. The lowest BCUT2D eigenvalue weighted by atomic mass is 9.94. The fourth-order valence-electron chi connectivity index (χ4n) is 2.73. The third-order valence-electron chi connectivity index (χ3n) is 3.99. The van der Waals surface area contributed by atoms with E-state index >= 15 is 0 Å². The Morgan fingerprint density at radius 2 is 2.12 bits per heavy atom. The van der Waals surface area contributed by atoms with Crippen LogP contribution in [0.3, 0.4) is 0 Å². The zero-order chi connectivity index (χ0) is 11.5. The molecular formula is C15H22N2. The van der Waals surface area contributed by atoms with Gasteiger partial charge in [-0.25, -0.2) is 0 Å². The number of benzene rings is 1. The Labute approximate surface area is 104 Å². The Morgan fingerprint density at radius 1 is 1.24 bits per heavy atom. The van der Waals surface area contributed by atoms with Gasteiger partial charge < -0.3 is 10.6 Å². The molecule has 0 saturated heterocycles. The first kappa shape index (κ1) is 11.2. The second-order valence-electron chi connectivity index (χ2n) is 5.39. The highest BCUT2D eigenvalue weighted by molar-refractivity contribution is 5.32. The van der Waals surface area contributed by atoms with Crippen molar-refractivity contribution >= 4 is 0 Å². The molecule has 1 aliphatic carbocycles. The molecular weight excluding hydrogens is 208 g/mol. The van der Waals surface area contributed by atoms with Gasteiger partial charge in [0.2, 0.25) is 0 Å². The quantitative estimate of drug-likeness (QED) is 0.758. The van der Waals surface area contributed by atoms with Crippen LogP contribution in [0.15, 0.2) is 24.3 Å². The minimum Gasteiger partial charge on any atom is -0.315 e. The van der Waals surface area contributed by atoms with E-state index in [1.165, 1.54) is 43.4 Å². The summed E-state index contributed by atoms with van der Waals surface area (Å²) in [4.78, 5) is 0. The van der Waals surface area contributed by atoms with E-state index in [2.05, 4.69) is 34.9 Å². The summed E-state index contributed by atoms with van der Waals surface area (Å²) in [7, 11) is 0. The monoisotopic (exact) mass is 230 g/mol. The van der Waals surface area contributed by atoms with Gasteiger partial charge in [-0.1, -0.05) is 37.1 Å². The zero-order valence-corrected chi connectivity index (χ0v) is 10.4. The average molecular weight is 230 g/mol. The topological polar surface area (TPSA) is 24.1 Å². The molecule has 2 nitrogen and oxygen atoms in total. The second-order valence-corrected chi connectivity index (χ2v) is 5.39. The first-order valence-electron chi connectivity index (χ1n) is 6.95. The van der Waals surface area contributed by atoms with E-state index in [1.54, 1.807) is 0 Å². The molecule has 1 aromatic carbocycles. The van der Waals surface area contributed by atoms with Crippen molar-refractivity contribution in [3.63, 3.8) is 0 Å². The SMILES string of the molecule is c1ccc2c(c1)CCNC2CNCCC1CC1. The normalized spacial score (nSPS) is 23.4. The summed E-state index contributed by atoms with van der Waals surface area (Å²) in [6.45, 7) is 3.38. The van der Waals surface area contributed by atoms with Gasteiger partial charge in [-0.2, -0.15) is 0 Å². The molecule has 0 aromatic heterocycles. The Hall–Kier alpha value is -0.860. The van der Waals surface area contributed by atoms with Crippen LogP contribution >= 0.6 is 0 Å². The van der Waals surface area contributed by atoms with Crippen LogP contribution < -0.4 is 10.6 Å². The Morgan fingerprint density at radius 3 is 3.00 bits per heavy atom. The first-order valence-corrected chi connectivity index (χ1v) is 6.95. The van der Waals surface area contributed by atoms with E-state index in [4.69, 9.17) is 0 Å². The minimum atomic E-state index is 0.513. The van der Waals surface area contributed by atoms with Crippen molar-refractivity contribution in [1.29, 1.82) is 0 Å². The van der Waals surface area contributed by atoms with E-state index in [-0.39, 0.29) is 0 Å². The predicted octanol–water partition coefficient (Wildman–Crippen LogP) is 2.26. The summed E-state index contributed by atoms with van der Waals surface area (Å²) in [5.74, 6) is 1.04. The molecule has 92 valence electrons. The van der Waals surface area contributed by atoms with E-state index in [0.717, 1.165) is 19.0 Å². The Bertz CT molecular complexity index is 371. The van der Waals surface area contributed by atoms with Crippen LogP contribution in [-0.4, -0.2) is 19.6 Å². The van der Waals surface area contributed by atoms with Crippen molar-refractivity contribution in [2.45, 2.75) is 31.7 Å². The van der Waals surface area contributed by atoms with Crippen LogP contribution in [0.5, 0.6) is 0 Å². The summed E-state index contributed by atoms with van der Waals surface area (Å²) in [6.07, 6.45) is 5.47. The molecule has 0 spiro atoms. The first-order chi connectivity index (χ1) is 8.43. The van der Waals surface area contributed by atoms with Gasteiger partial charge in [0.05, 0.1) is 0 Å². The van der Waals surface area contributed by atoms with Gasteiger partial charge in [0.25, 0.3) is 0 Å².